The van der Waals surface area contributed by atoms with Gasteiger partial charge in [-0.05, 0) is 108 Å². The van der Waals surface area contributed by atoms with Gasteiger partial charge >= 0.3 is 5.97 Å². The first-order valence-corrected chi connectivity index (χ1v) is 13.2. The SMILES string of the molecule is CC(=O)OC1CCC[C@@H]2CCC3=C4C(=O)C[C@H]([C@H](C)CCCN(C)C)[C@@]4(C)CC[C@@H]3[C@@]12C. The summed E-state index contributed by atoms with van der Waals surface area (Å²) >= 11 is 0. The first-order chi connectivity index (χ1) is 15.1. The number of Topliss-reactive ketones (excluding diaryl/α,β-unsaturated/α-hetero) is 1. The largest absolute Gasteiger partial charge is 0.462 e. The molecule has 0 heterocycles. The van der Waals surface area contributed by atoms with Crippen molar-refractivity contribution >= 4 is 11.8 Å². The third-order valence-corrected chi connectivity index (χ3v) is 10.1. The predicted octanol–water partition coefficient (Wildman–Crippen LogP) is 5.80. The molecule has 0 aliphatic heterocycles. The van der Waals surface area contributed by atoms with Crippen LogP contribution in [0.15, 0.2) is 11.1 Å². The Kier molecular flexibility index (Phi) is 6.66. The Morgan fingerprint density at radius 3 is 2.62 bits per heavy atom. The molecule has 32 heavy (non-hydrogen) atoms. The maximum atomic E-state index is 13.5. The second kappa shape index (κ2) is 8.89. The highest BCUT2D eigenvalue weighted by molar-refractivity contribution is 6.00. The molecule has 7 atom stereocenters. The van der Waals surface area contributed by atoms with E-state index in [1.807, 2.05) is 0 Å². The van der Waals surface area contributed by atoms with Gasteiger partial charge in [0, 0.05) is 24.3 Å². The van der Waals surface area contributed by atoms with Gasteiger partial charge in [0.1, 0.15) is 6.10 Å². The Bertz CT molecular complexity index is 786. The van der Waals surface area contributed by atoms with Crippen LogP contribution in [0.2, 0.25) is 0 Å². The van der Waals surface area contributed by atoms with E-state index in [4.69, 9.17) is 4.74 Å². The first kappa shape index (κ1) is 24.0. The van der Waals surface area contributed by atoms with Crippen LogP contribution in [0.4, 0.5) is 0 Å². The summed E-state index contributed by atoms with van der Waals surface area (Å²) in [5.74, 6) is 2.34. The molecule has 4 heteroatoms. The van der Waals surface area contributed by atoms with E-state index in [1.54, 1.807) is 6.92 Å². The minimum Gasteiger partial charge on any atom is -0.462 e. The van der Waals surface area contributed by atoms with Crippen molar-refractivity contribution in [3.8, 4) is 0 Å². The van der Waals surface area contributed by atoms with Crippen LogP contribution in [0.25, 0.3) is 0 Å². The Morgan fingerprint density at radius 1 is 1.19 bits per heavy atom. The summed E-state index contributed by atoms with van der Waals surface area (Å²) in [4.78, 5) is 27.7. The highest BCUT2D eigenvalue weighted by Crippen LogP contribution is 2.65. The summed E-state index contributed by atoms with van der Waals surface area (Å²) < 4.78 is 5.95. The number of ketones is 1. The second-order valence-electron chi connectivity index (χ2n) is 12.2. The van der Waals surface area contributed by atoms with Gasteiger partial charge < -0.3 is 9.64 Å². The Labute approximate surface area is 195 Å². The average Bonchev–Trinajstić information content (AvgIpc) is 2.99. The fraction of sp³-hybridized carbons (Fsp3) is 0.857. The van der Waals surface area contributed by atoms with Gasteiger partial charge in [0.2, 0.25) is 0 Å². The van der Waals surface area contributed by atoms with Crippen LogP contribution in [0.1, 0.15) is 91.9 Å². The molecule has 0 amide bonds. The van der Waals surface area contributed by atoms with Crippen molar-refractivity contribution in [1.29, 1.82) is 0 Å². The van der Waals surface area contributed by atoms with Gasteiger partial charge in [-0.25, -0.2) is 0 Å². The minimum atomic E-state index is -0.152. The van der Waals surface area contributed by atoms with E-state index in [0.29, 0.717) is 29.5 Å². The van der Waals surface area contributed by atoms with Crippen molar-refractivity contribution in [3.05, 3.63) is 11.1 Å². The summed E-state index contributed by atoms with van der Waals surface area (Å²) in [7, 11) is 4.28. The van der Waals surface area contributed by atoms with Crippen molar-refractivity contribution in [2.45, 2.75) is 98.0 Å². The molecule has 1 unspecified atom stereocenters. The standard InChI is InChI=1S/C28H45NO3/c1-18(9-8-16-29(5)6)23-17-24(31)26-21-13-12-20-10-7-11-25(32-19(2)30)28(20,4)22(21)14-15-27(23,26)3/h18,20,22-23,25H,7-17H2,1-6H3/t18-,20-,22+,23-,25?,27-,28+/m1/s1. The van der Waals surface area contributed by atoms with Gasteiger partial charge in [-0.2, -0.15) is 0 Å². The van der Waals surface area contributed by atoms with E-state index in [0.717, 1.165) is 51.5 Å². The molecule has 3 saturated carbocycles. The van der Waals surface area contributed by atoms with Crippen molar-refractivity contribution in [3.63, 3.8) is 0 Å². The topological polar surface area (TPSA) is 46.6 Å². The number of carbonyl (C=O) groups is 2. The van der Waals surface area contributed by atoms with E-state index in [1.165, 1.54) is 30.4 Å². The van der Waals surface area contributed by atoms with Gasteiger partial charge in [0.25, 0.3) is 0 Å². The van der Waals surface area contributed by atoms with Crippen molar-refractivity contribution in [2.75, 3.05) is 20.6 Å². The monoisotopic (exact) mass is 443 g/mol. The Balaban J connectivity index is 1.64. The van der Waals surface area contributed by atoms with Crippen LogP contribution in [0.5, 0.6) is 0 Å². The molecule has 0 aromatic carbocycles. The van der Waals surface area contributed by atoms with E-state index in [9.17, 15) is 9.59 Å². The zero-order chi connectivity index (χ0) is 23.3. The maximum absolute atomic E-state index is 13.5. The molecule has 0 bridgehead atoms. The van der Waals surface area contributed by atoms with Crippen molar-refractivity contribution in [2.24, 2.45) is 34.5 Å². The molecule has 180 valence electrons. The molecule has 3 fully saturated rings. The maximum Gasteiger partial charge on any atom is 0.302 e. The van der Waals surface area contributed by atoms with Gasteiger partial charge in [0.15, 0.2) is 5.78 Å². The molecular weight excluding hydrogens is 398 g/mol. The average molecular weight is 444 g/mol. The van der Waals surface area contributed by atoms with Crippen LogP contribution < -0.4 is 0 Å². The number of hydrogen-bond donors (Lipinski definition) is 0. The fourth-order valence-corrected chi connectivity index (χ4v) is 8.54. The predicted molar refractivity (Wildman–Crippen MR) is 128 cm³/mol. The van der Waals surface area contributed by atoms with Gasteiger partial charge in [-0.15, -0.1) is 0 Å². The second-order valence-corrected chi connectivity index (χ2v) is 12.2. The minimum absolute atomic E-state index is 0.00117. The highest BCUT2D eigenvalue weighted by Gasteiger charge is 2.60. The lowest BCUT2D eigenvalue weighted by atomic mass is 9.48. The number of hydrogen-bond acceptors (Lipinski definition) is 4. The quantitative estimate of drug-likeness (QED) is 0.487. The molecule has 4 aliphatic carbocycles. The van der Waals surface area contributed by atoms with Gasteiger partial charge in [0.05, 0.1) is 0 Å². The number of nitrogens with zero attached hydrogens (tertiary/aromatic N) is 1. The first-order valence-electron chi connectivity index (χ1n) is 13.2. The third kappa shape index (κ3) is 3.89. The summed E-state index contributed by atoms with van der Waals surface area (Å²) in [6.07, 6.45) is 11.0. The number of fused-ring (bicyclic) bond motifs is 4. The molecule has 0 radical (unpaired) electrons. The van der Waals surface area contributed by atoms with E-state index in [2.05, 4.69) is 39.8 Å². The summed E-state index contributed by atoms with van der Waals surface area (Å²) in [6, 6.07) is 0. The number of carbonyl (C=O) groups excluding carboxylic acids is 2. The van der Waals surface area contributed by atoms with Crippen LogP contribution in [-0.2, 0) is 14.3 Å². The molecule has 0 saturated heterocycles. The van der Waals surface area contributed by atoms with Crippen molar-refractivity contribution < 1.29 is 14.3 Å². The molecule has 0 aromatic rings. The summed E-state index contributed by atoms with van der Waals surface area (Å²) in [5.41, 5.74) is 2.70. The number of esters is 1. The Hall–Kier alpha value is -1.16. The molecule has 0 N–H and O–H groups in total. The van der Waals surface area contributed by atoms with Crippen LogP contribution in [0.3, 0.4) is 0 Å². The number of allylic oxidation sites excluding steroid dienone is 2. The molecule has 0 aromatic heterocycles. The molecular formula is C28H45NO3. The molecule has 0 spiro atoms. The highest BCUT2D eigenvalue weighted by atomic mass is 16.5. The van der Waals surface area contributed by atoms with E-state index < -0.39 is 0 Å². The lowest BCUT2D eigenvalue weighted by molar-refractivity contribution is -0.168. The Morgan fingerprint density at radius 2 is 1.94 bits per heavy atom. The normalized spacial score (nSPS) is 40.0. The number of ether oxygens (including phenoxy) is 1. The van der Waals surface area contributed by atoms with Crippen LogP contribution >= 0.6 is 0 Å². The lowest BCUT2D eigenvalue weighted by Crippen LogP contribution is -2.54. The molecule has 4 aliphatic rings. The number of rotatable bonds is 6. The molecule has 4 nitrogen and oxygen atoms in total. The molecule has 4 rings (SSSR count). The summed E-state index contributed by atoms with van der Waals surface area (Å²) in [6.45, 7) is 9.85. The lowest BCUT2D eigenvalue weighted by Gasteiger charge is -2.58. The smallest absolute Gasteiger partial charge is 0.302 e. The van der Waals surface area contributed by atoms with Crippen LogP contribution in [0, 0.1) is 34.5 Å². The van der Waals surface area contributed by atoms with Gasteiger partial charge in [-0.1, -0.05) is 26.3 Å². The fourth-order valence-electron chi connectivity index (χ4n) is 8.54. The summed E-state index contributed by atoms with van der Waals surface area (Å²) in [5, 5.41) is 0. The van der Waals surface area contributed by atoms with Crippen molar-refractivity contribution in [1.82, 2.24) is 4.90 Å². The van der Waals surface area contributed by atoms with E-state index >= 15 is 0 Å². The zero-order valence-electron chi connectivity index (χ0n) is 21.3. The third-order valence-electron chi connectivity index (χ3n) is 10.1. The van der Waals surface area contributed by atoms with Crippen LogP contribution in [-0.4, -0.2) is 43.4 Å². The van der Waals surface area contributed by atoms with E-state index in [-0.39, 0.29) is 22.9 Å². The zero-order valence-corrected chi connectivity index (χ0v) is 21.3. The van der Waals surface area contributed by atoms with Gasteiger partial charge in [-0.3, -0.25) is 9.59 Å².